The molecule has 0 aliphatic carbocycles. The number of esters is 2. The van der Waals surface area contributed by atoms with Crippen molar-refractivity contribution in [3.8, 4) is 28.3 Å². The lowest BCUT2D eigenvalue weighted by atomic mass is 10.0. The Kier molecular flexibility index (Phi) is 13.5. The van der Waals surface area contributed by atoms with Crippen molar-refractivity contribution < 1.29 is 32.3 Å². The maximum absolute atomic E-state index is 15.1. The van der Waals surface area contributed by atoms with E-state index in [-0.39, 0.29) is 37.3 Å². The van der Waals surface area contributed by atoms with Crippen LogP contribution in [0.2, 0.25) is 0 Å². The van der Waals surface area contributed by atoms with E-state index in [1.165, 1.54) is 25.5 Å². The number of methoxy groups -OCH3 is 1. The molecule has 0 saturated carbocycles. The second-order valence-corrected chi connectivity index (χ2v) is 14.8. The van der Waals surface area contributed by atoms with Crippen molar-refractivity contribution in [2.24, 2.45) is 0 Å². The predicted octanol–water partition coefficient (Wildman–Crippen LogP) is 9.48. The van der Waals surface area contributed by atoms with Crippen molar-refractivity contribution >= 4 is 23.6 Å². The molecule has 3 heterocycles. The molecule has 8 rings (SSSR count). The molecule has 2 N–H and O–H groups in total. The molecule has 3 aromatic heterocycles. The van der Waals surface area contributed by atoms with Crippen LogP contribution in [0, 0.1) is 11.6 Å². The van der Waals surface area contributed by atoms with Crippen molar-refractivity contribution in [2.75, 3.05) is 17.7 Å². The molecule has 320 valence electrons. The fourth-order valence-electron chi connectivity index (χ4n) is 7.11. The highest BCUT2D eigenvalue weighted by atomic mass is 19.1. The van der Waals surface area contributed by atoms with Gasteiger partial charge in [0, 0.05) is 36.8 Å². The van der Waals surface area contributed by atoms with E-state index < -0.39 is 35.7 Å². The van der Waals surface area contributed by atoms with Gasteiger partial charge < -0.3 is 24.5 Å². The summed E-state index contributed by atoms with van der Waals surface area (Å²) in [5, 5.41) is 6.34. The number of anilines is 2. The standard InChI is InChI=1S/C51H42F2N6O5/c1-62-38-21-12-14-33(26-38)27-44(58-48-42(28-36-19-8-10-23-40(36)52)56-46(31-54-48)34-15-4-2-5-16-34)50(60)64-51(61)45(30-39-22-13-25-63-39)59-49-43(29-37-20-9-11-24-41(37)53)57-47(32-55-49)35-17-6-3-7-18-35/h2-26,31-32,44-45H,27-30H2,1H3,(H,54,58)(H,55,59). The minimum absolute atomic E-state index is 0.0278. The molecule has 0 fully saturated rings. The Bertz CT molecular complexity index is 2850. The third kappa shape index (κ3) is 10.7. The largest absolute Gasteiger partial charge is 0.497 e. The fraction of sp³-hybridized carbons (Fsp3) is 0.137. The maximum atomic E-state index is 15.1. The van der Waals surface area contributed by atoms with Crippen molar-refractivity contribution in [3.63, 3.8) is 0 Å². The van der Waals surface area contributed by atoms with E-state index in [0.717, 1.165) is 11.1 Å². The number of furan rings is 1. The normalized spacial score (nSPS) is 11.9. The molecule has 5 aromatic carbocycles. The van der Waals surface area contributed by atoms with E-state index in [1.807, 2.05) is 66.7 Å². The molecular weight excluding hydrogens is 815 g/mol. The predicted molar refractivity (Wildman–Crippen MR) is 238 cm³/mol. The average Bonchev–Trinajstić information content (AvgIpc) is 3.85. The highest BCUT2D eigenvalue weighted by Gasteiger charge is 2.31. The number of ether oxygens (including phenoxy) is 2. The molecule has 64 heavy (non-hydrogen) atoms. The van der Waals surface area contributed by atoms with Crippen LogP contribution in [0.15, 0.2) is 169 Å². The van der Waals surface area contributed by atoms with Crippen LogP contribution in [-0.2, 0) is 40.0 Å². The summed E-state index contributed by atoms with van der Waals surface area (Å²) in [4.78, 5) is 48.0. The van der Waals surface area contributed by atoms with Gasteiger partial charge in [-0.1, -0.05) is 109 Å². The zero-order valence-electron chi connectivity index (χ0n) is 34.7. The molecular formula is C51H42F2N6O5. The van der Waals surface area contributed by atoms with E-state index in [4.69, 9.17) is 28.8 Å². The van der Waals surface area contributed by atoms with E-state index in [1.54, 1.807) is 79.1 Å². The quantitative estimate of drug-likeness (QED) is 0.0668. The summed E-state index contributed by atoms with van der Waals surface area (Å²) >= 11 is 0. The Morgan fingerprint density at radius 3 is 1.62 bits per heavy atom. The van der Waals surface area contributed by atoms with Crippen molar-refractivity contribution in [1.82, 2.24) is 19.9 Å². The molecule has 0 spiro atoms. The van der Waals surface area contributed by atoms with Crippen molar-refractivity contribution in [1.29, 1.82) is 0 Å². The molecule has 0 aliphatic rings. The molecule has 11 nitrogen and oxygen atoms in total. The van der Waals surface area contributed by atoms with Crippen LogP contribution in [0.4, 0.5) is 20.4 Å². The number of hydrogen-bond donors (Lipinski definition) is 2. The van der Waals surface area contributed by atoms with Gasteiger partial charge in [0.15, 0.2) is 0 Å². The Labute approximate surface area is 368 Å². The lowest BCUT2D eigenvalue weighted by molar-refractivity contribution is -0.160. The van der Waals surface area contributed by atoms with Gasteiger partial charge in [0.05, 0.1) is 48.5 Å². The first kappa shape index (κ1) is 42.6. The second-order valence-electron chi connectivity index (χ2n) is 14.8. The molecule has 2 unspecified atom stereocenters. The Morgan fingerprint density at radius 1 is 0.609 bits per heavy atom. The Morgan fingerprint density at radius 2 is 1.12 bits per heavy atom. The van der Waals surface area contributed by atoms with E-state index >= 15 is 8.78 Å². The van der Waals surface area contributed by atoms with E-state index in [0.29, 0.717) is 51.0 Å². The summed E-state index contributed by atoms with van der Waals surface area (Å²) in [6.07, 6.45) is 4.65. The monoisotopic (exact) mass is 856 g/mol. The Balaban J connectivity index is 1.12. The number of nitrogens with one attached hydrogen (secondary N) is 2. The van der Waals surface area contributed by atoms with E-state index in [9.17, 15) is 9.59 Å². The number of carbonyl (C=O) groups is 2. The van der Waals surface area contributed by atoms with Gasteiger partial charge in [-0.15, -0.1) is 0 Å². The van der Waals surface area contributed by atoms with Gasteiger partial charge in [-0.25, -0.2) is 38.3 Å². The smallest absolute Gasteiger partial charge is 0.336 e. The molecule has 0 amide bonds. The summed E-state index contributed by atoms with van der Waals surface area (Å²) in [6.45, 7) is 0. The minimum atomic E-state index is -1.23. The number of halogens is 2. The molecule has 8 aromatic rings. The highest BCUT2D eigenvalue weighted by Crippen LogP contribution is 2.27. The van der Waals surface area contributed by atoms with Gasteiger partial charge >= 0.3 is 11.9 Å². The van der Waals surface area contributed by atoms with Crippen molar-refractivity contribution in [2.45, 2.75) is 37.8 Å². The summed E-state index contributed by atoms with van der Waals surface area (Å²) < 4.78 is 47.0. The number of carbonyl (C=O) groups excluding carboxylic acids is 2. The lowest BCUT2D eigenvalue weighted by Gasteiger charge is -2.22. The molecule has 13 heteroatoms. The van der Waals surface area contributed by atoms with Gasteiger partial charge in [0.2, 0.25) is 0 Å². The number of nitrogens with zero attached hydrogens (tertiary/aromatic N) is 4. The van der Waals surface area contributed by atoms with Crippen LogP contribution in [0.25, 0.3) is 22.5 Å². The summed E-state index contributed by atoms with van der Waals surface area (Å²) in [5.41, 5.74) is 4.80. The lowest BCUT2D eigenvalue weighted by Crippen LogP contribution is -2.41. The second kappa shape index (κ2) is 20.2. The van der Waals surface area contributed by atoms with E-state index in [2.05, 4.69) is 15.6 Å². The first-order valence-electron chi connectivity index (χ1n) is 20.5. The summed E-state index contributed by atoms with van der Waals surface area (Å²) in [7, 11) is 1.54. The van der Waals surface area contributed by atoms with Gasteiger partial charge in [-0.3, -0.25) is 0 Å². The fourth-order valence-corrected chi connectivity index (χ4v) is 7.11. The SMILES string of the molecule is COc1cccc(CC(Nc2ncc(-c3ccccc3)nc2Cc2ccccc2F)C(=O)OC(=O)C(Cc2ccco2)Nc2ncc(-c3ccccc3)nc2Cc2ccccc2F)c1. The number of hydrogen-bond acceptors (Lipinski definition) is 11. The molecule has 0 radical (unpaired) electrons. The van der Waals surface area contributed by atoms with Gasteiger partial charge in [-0.05, 0) is 53.1 Å². The summed E-state index contributed by atoms with van der Waals surface area (Å²) in [5.74, 6) is -1.37. The zero-order chi connectivity index (χ0) is 44.3. The van der Waals surface area contributed by atoms with Crippen LogP contribution in [0.1, 0.15) is 33.8 Å². The maximum Gasteiger partial charge on any atom is 0.336 e. The van der Waals surface area contributed by atoms with Crippen LogP contribution in [-0.4, -0.2) is 51.1 Å². The third-order valence-electron chi connectivity index (χ3n) is 10.4. The van der Waals surface area contributed by atoms with Gasteiger partial charge in [0.1, 0.15) is 46.9 Å². The van der Waals surface area contributed by atoms with Crippen LogP contribution >= 0.6 is 0 Å². The van der Waals surface area contributed by atoms with Gasteiger partial charge in [-0.2, -0.15) is 0 Å². The minimum Gasteiger partial charge on any atom is -0.497 e. The highest BCUT2D eigenvalue weighted by molar-refractivity contribution is 5.93. The van der Waals surface area contributed by atoms with Crippen molar-refractivity contribution in [3.05, 3.63) is 210 Å². The average molecular weight is 857 g/mol. The van der Waals surface area contributed by atoms with Crippen LogP contribution < -0.4 is 15.4 Å². The van der Waals surface area contributed by atoms with Crippen LogP contribution in [0.5, 0.6) is 5.75 Å². The first-order valence-corrected chi connectivity index (χ1v) is 20.5. The first-order chi connectivity index (χ1) is 31.3. The van der Waals surface area contributed by atoms with Gasteiger partial charge in [0.25, 0.3) is 0 Å². The number of aromatic nitrogens is 4. The summed E-state index contributed by atoms with van der Waals surface area (Å²) in [6, 6.07) is 39.6. The topological polar surface area (TPSA) is 141 Å². The molecule has 0 bridgehead atoms. The third-order valence-corrected chi connectivity index (χ3v) is 10.4. The molecule has 0 aliphatic heterocycles. The number of rotatable bonds is 17. The zero-order valence-corrected chi connectivity index (χ0v) is 34.7. The Hall–Kier alpha value is -8.06. The molecule has 2 atom stereocenters. The number of benzene rings is 5. The van der Waals surface area contributed by atoms with Crippen LogP contribution in [0.3, 0.4) is 0 Å². The molecule has 0 saturated heterocycles.